The highest BCUT2D eigenvalue weighted by Gasteiger charge is 2.26. The lowest BCUT2D eigenvalue weighted by Crippen LogP contribution is -2.27. The van der Waals surface area contributed by atoms with Gasteiger partial charge in [0.1, 0.15) is 10.6 Å². The standard InChI is InChI=1S/C24H25N3O4S2/c1-12(2)10-27-23(30)20-15-5-4-6-18(15)33-22(20)26-24(27)32-13(3)21(29)14-7-8-17-16(9-14)25-19(28)11-31-17/h7-9,12-13H,4-6,10-11H2,1-3H3,(H,25,28). The average molecular weight is 484 g/mol. The molecule has 1 N–H and O–H groups in total. The largest absolute Gasteiger partial charge is 0.482 e. The fourth-order valence-corrected chi connectivity index (χ4v) is 6.65. The molecule has 5 rings (SSSR count). The Bertz CT molecular complexity index is 1340. The summed E-state index contributed by atoms with van der Waals surface area (Å²) in [7, 11) is 0. The van der Waals surface area contributed by atoms with E-state index in [0.29, 0.717) is 28.7 Å². The monoisotopic (exact) mass is 483 g/mol. The van der Waals surface area contributed by atoms with Gasteiger partial charge in [0.2, 0.25) is 0 Å². The van der Waals surface area contributed by atoms with Crippen molar-refractivity contribution >= 4 is 50.7 Å². The van der Waals surface area contributed by atoms with Gasteiger partial charge in [-0.2, -0.15) is 0 Å². The van der Waals surface area contributed by atoms with E-state index in [1.807, 2.05) is 6.92 Å². The lowest BCUT2D eigenvalue weighted by Gasteiger charge is -2.19. The summed E-state index contributed by atoms with van der Waals surface area (Å²) in [5.41, 5.74) is 2.15. The number of nitrogens with zero attached hydrogens (tertiary/aromatic N) is 2. The van der Waals surface area contributed by atoms with Gasteiger partial charge in [0.25, 0.3) is 11.5 Å². The molecule has 1 aliphatic carbocycles. The molecule has 0 radical (unpaired) electrons. The molecule has 172 valence electrons. The number of amides is 1. The van der Waals surface area contributed by atoms with Crippen LogP contribution in [0.5, 0.6) is 5.75 Å². The van der Waals surface area contributed by atoms with Crippen LogP contribution in [0.1, 0.15) is 48.0 Å². The number of anilines is 1. The van der Waals surface area contributed by atoms with Gasteiger partial charge in [0.05, 0.1) is 16.3 Å². The first-order chi connectivity index (χ1) is 15.8. The number of carbonyl (C=O) groups excluding carboxylic acids is 2. The summed E-state index contributed by atoms with van der Waals surface area (Å²) < 4.78 is 7.13. The van der Waals surface area contributed by atoms with Crippen molar-refractivity contribution in [1.29, 1.82) is 0 Å². The summed E-state index contributed by atoms with van der Waals surface area (Å²) in [6, 6.07) is 5.05. The number of thioether (sulfide) groups is 1. The minimum Gasteiger partial charge on any atom is -0.482 e. The smallest absolute Gasteiger partial charge is 0.263 e. The quantitative estimate of drug-likeness (QED) is 0.319. The van der Waals surface area contributed by atoms with Crippen molar-refractivity contribution in [3.05, 3.63) is 44.6 Å². The lowest BCUT2D eigenvalue weighted by molar-refractivity contribution is -0.118. The maximum Gasteiger partial charge on any atom is 0.263 e. The third-order valence-corrected chi connectivity index (χ3v) is 8.16. The highest BCUT2D eigenvalue weighted by Crippen LogP contribution is 2.37. The molecule has 9 heteroatoms. The summed E-state index contributed by atoms with van der Waals surface area (Å²) in [6.07, 6.45) is 3.04. The van der Waals surface area contributed by atoms with Gasteiger partial charge in [0.15, 0.2) is 17.5 Å². The Labute approximate surface area is 199 Å². The minimum atomic E-state index is -0.460. The predicted molar refractivity (Wildman–Crippen MR) is 131 cm³/mol. The second-order valence-corrected chi connectivity index (χ2v) is 11.3. The molecule has 1 aromatic carbocycles. The fraction of sp³-hybridized carbons (Fsp3) is 0.417. The molecule has 0 spiro atoms. The summed E-state index contributed by atoms with van der Waals surface area (Å²) >= 11 is 2.93. The van der Waals surface area contributed by atoms with Crippen LogP contribution in [0, 0.1) is 5.92 Å². The Morgan fingerprint density at radius 3 is 2.88 bits per heavy atom. The van der Waals surface area contributed by atoms with Gasteiger partial charge in [-0.3, -0.25) is 19.0 Å². The van der Waals surface area contributed by atoms with E-state index >= 15 is 0 Å². The molecular weight excluding hydrogens is 458 g/mol. The minimum absolute atomic E-state index is 0.00360. The molecule has 2 aliphatic rings. The van der Waals surface area contributed by atoms with E-state index in [1.54, 1.807) is 34.1 Å². The Morgan fingerprint density at radius 2 is 2.09 bits per heavy atom. The SMILES string of the molecule is CC(C)Cn1c(SC(C)C(=O)c2ccc3c(c2)NC(=O)CO3)nc2sc3c(c2c1=O)CCC3. The molecule has 1 amide bonds. The Hall–Kier alpha value is -2.65. The van der Waals surface area contributed by atoms with Gasteiger partial charge in [0, 0.05) is 17.0 Å². The Kier molecular flexibility index (Phi) is 5.78. The van der Waals surface area contributed by atoms with Crippen LogP contribution >= 0.6 is 23.1 Å². The molecule has 0 fully saturated rings. The van der Waals surface area contributed by atoms with Gasteiger partial charge in [-0.1, -0.05) is 25.6 Å². The molecule has 0 saturated heterocycles. The normalized spacial score (nSPS) is 15.8. The highest BCUT2D eigenvalue weighted by molar-refractivity contribution is 8.00. The number of hydrogen-bond donors (Lipinski definition) is 1. The van der Waals surface area contributed by atoms with Crippen molar-refractivity contribution in [1.82, 2.24) is 9.55 Å². The van der Waals surface area contributed by atoms with Crippen molar-refractivity contribution < 1.29 is 14.3 Å². The van der Waals surface area contributed by atoms with Crippen LogP contribution in [-0.2, 0) is 24.2 Å². The summed E-state index contributed by atoms with van der Waals surface area (Å²) in [4.78, 5) is 45.3. The first-order valence-electron chi connectivity index (χ1n) is 11.1. The number of benzene rings is 1. The van der Waals surface area contributed by atoms with E-state index in [9.17, 15) is 14.4 Å². The average Bonchev–Trinajstić information content (AvgIpc) is 3.36. The number of aromatic nitrogens is 2. The van der Waals surface area contributed by atoms with Crippen LogP contribution in [0.2, 0.25) is 0 Å². The summed E-state index contributed by atoms with van der Waals surface area (Å²) in [5, 5.41) is 3.63. The molecule has 7 nitrogen and oxygen atoms in total. The molecule has 3 heterocycles. The molecule has 33 heavy (non-hydrogen) atoms. The lowest BCUT2D eigenvalue weighted by atomic mass is 10.1. The second kappa shape index (κ2) is 8.61. The predicted octanol–water partition coefficient (Wildman–Crippen LogP) is 4.30. The van der Waals surface area contributed by atoms with Crippen LogP contribution in [0.15, 0.2) is 28.2 Å². The number of aryl methyl sites for hydroxylation is 2. The number of hydrogen-bond acceptors (Lipinski definition) is 7. The number of nitrogens with one attached hydrogen (secondary N) is 1. The number of rotatable bonds is 6. The van der Waals surface area contributed by atoms with Crippen LogP contribution in [-0.4, -0.2) is 33.1 Å². The Morgan fingerprint density at radius 1 is 1.27 bits per heavy atom. The molecule has 0 saturated carbocycles. The number of Topliss-reactive ketones (excluding diaryl/α,β-unsaturated/α-hetero) is 1. The number of ether oxygens (including phenoxy) is 1. The molecule has 1 atom stereocenters. The van der Waals surface area contributed by atoms with Gasteiger partial charge in [-0.25, -0.2) is 4.98 Å². The van der Waals surface area contributed by atoms with Crippen molar-refractivity contribution in [2.75, 3.05) is 11.9 Å². The van der Waals surface area contributed by atoms with Crippen LogP contribution < -0.4 is 15.6 Å². The van der Waals surface area contributed by atoms with Crippen LogP contribution in [0.3, 0.4) is 0 Å². The number of carbonyl (C=O) groups is 2. The summed E-state index contributed by atoms with van der Waals surface area (Å²) in [5.74, 6) is 0.479. The molecule has 1 unspecified atom stereocenters. The topological polar surface area (TPSA) is 90.3 Å². The van der Waals surface area contributed by atoms with Gasteiger partial charge in [-0.15, -0.1) is 11.3 Å². The molecular formula is C24H25N3O4S2. The second-order valence-electron chi connectivity index (χ2n) is 8.91. The molecule has 3 aromatic rings. The number of thiophene rings is 1. The van der Waals surface area contributed by atoms with Crippen molar-refractivity contribution in [2.24, 2.45) is 5.92 Å². The first-order valence-corrected chi connectivity index (χ1v) is 12.8. The van der Waals surface area contributed by atoms with Gasteiger partial charge < -0.3 is 10.1 Å². The zero-order valence-corrected chi connectivity index (χ0v) is 20.4. The van der Waals surface area contributed by atoms with E-state index in [-0.39, 0.29) is 29.8 Å². The zero-order valence-electron chi connectivity index (χ0n) is 18.8. The van der Waals surface area contributed by atoms with Crippen molar-refractivity contribution in [3.63, 3.8) is 0 Å². The molecule has 1 aliphatic heterocycles. The third-order valence-electron chi connectivity index (χ3n) is 5.89. The van der Waals surface area contributed by atoms with Crippen molar-refractivity contribution in [3.8, 4) is 5.75 Å². The van der Waals surface area contributed by atoms with Gasteiger partial charge in [-0.05, 0) is 55.9 Å². The molecule has 0 bridgehead atoms. The van der Waals surface area contributed by atoms with Crippen LogP contribution in [0.4, 0.5) is 5.69 Å². The van der Waals surface area contributed by atoms with Crippen molar-refractivity contribution in [2.45, 2.75) is 57.0 Å². The maximum absolute atomic E-state index is 13.5. The van der Waals surface area contributed by atoms with E-state index in [2.05, 4.69) is 19.2 Å². The van der Waals surface area contributed by atoms with Crippen LogP contribution in [0.25, 0.3) is 10.2 Å². The Balaban J connectivity index is 1.48. The maximum atomic E-state index is 13.5. The van der Waals surface area contributed by atoms with E-state index in [0.717, 1.165) is 29.5 Å². The number of fused-ring (bicyclic) bond motifs is 4. The summed E-state index contributed by atoms with van der Waals surface area (Å²) in [6.45, 7) is 6.49. The van der Waals surface area contributed by atoms with E-state index in [1.165, 1.54) is 22.2 Å². The van der Waals surface area contributed by atoms with E-state index in [4.69, 9.17) is 9.72 Å². The molecule has 2 aromatic heterocycles. The number of ketones is 1. The first kappa shape index (κ1) is 22.2. The highest BCUT2D eigenvalue weighted by atomic mass is 32.2. The fourth-order valence-electron chi connectivity index (χ4n) is 4.36. The third kappa shape index (κ3) is 4.08. The van der Waals surface area contributed by atoms with Gasteiger partial charge >= 0.3 is 0 Å². The van der Waals surface area contributed by atoms with E-state index < -0.39 is 5.25 Å². The zero-order chi connectivity index (χ0) is 23.3.